The average Bonchev–Trinajstić information content (AvgIpc) is 2.82. The van der Waals surface area contributed by atoms with Gasteiger partial charge in [-0.25, -0.2) is 4.79 Å². The number of amides is 3. The summed E-state index contributed by atoms with van der Waals surface area (Å²) in [4.78, 5) is 53.5. The molecule has 0 aliphatic heterocycles. The van der Waals surface area contributed by atoms with E-state index in [9.17, 15) is 29.4 Å². The number of aliphatic imine (C=N–C) groups is 1. The number of aliphatic carboxylic acids is 1. The molecule has 36 heavy (non-hydrogen) atoms. The summed E-state index contributed by atoms with van der Waals surface area (Å²) in [5.74, 6) is -3.95. The molecule has 0 bridgehead atoms. The van der Waals surface area contributed by atoms with E-state index in [-0.39, 0.29) is 25.3 Å². The first kappa shape index (κ1) is 30.3. The molecule has 11 N–H and O–H groups in total. The van der Waals surface area contributed by atoms with Crippen LogP contribution in [0.3, 0.4) is 0 Å². The van der Waals surface area contributed by atoms with Crippen molar-refractivity contribution in [2.45, 2.75) is 57.3 Å². The first-order valence-corrected chi connectivity index (χ1v) is 11.6. The summed E-state index contributed by atoms with van der Waals surface area (Å²) in [5, 5.41) is 26.3. The van der Waals surface area contributed by atoms with Gasteiger partial charge < -0.3 is 43.4 Å². The smallest absolute Gasteiger partial charge is 0.326 e. The van der Waals surface area contributed by atoms with Gasteiger partial charge in [0, 0.05) is 13.0 Å². The Bertz CT molecular complexity index is 905. The summed E-state index contributed by atoms with van der Waals surface area (Å²) in [5.41, 5.74) is 17.2. The second-order valence-corrected chi connectivity index (χ2v) is 8.62. The Balaban J connectivity index is 2.93. The molecule has 4 unspecified atom stereocenters. The molecule has 1 aromatic carbocycles. The number of nitrogens with two attached hydrogens (primary N) is 3. The van der Waals surface area contributed by atoms with Crippen molar-refractivity contribution in [3.05, 3.63) is 35.9 Å². The molecule has 0 saturated carbocycles. The Morgan fingerprint density at radius 3 is 2.06 bits per heavy atom. The molecule has 0 aliphatic carbocycles. The maximum Gasteiger partial charge on any atom is 0.326 e. The maximum absolute atomic E-state index is 13.0. The Labute approximate surface area is 209 Å². The van der Waals surface area contributed by atoms with Gasteiger partial charge in [0.05, 0.1) is 12.6 Å². The number of hydrogen-bond donors (Lipinski definition) is 8. The van der Waals surface area contributed by atoms with Crippen molar-refractivity contribution < 1.29 is 29.4 Å². The van der Waals surface area contributed by atoms with Gasteiger partial charge in [0.2, 0.25) is 17.7 Å². The second-order valence-electron chi connectivity index (χ2n) is 8.62. The molecule has 0 aliphatic rings. The van der Waals surface area contributed by atoms with Crippen molar-refractivity contribution in [2.75, 3.05) is 13.2 Å². The molecule has 4 atom stereocenters. The standard InChI is InChI=1S/C23H37N7O6/c1-13(2)18(22(35)36)30-21(34)17(12-31)29-20(33)16(11-14-7-4-3-5-8-14)28-19(32)15(24)9-6-10-27-23(25)26/h3-5,7-8,13,15-18,31H,6,9-12,24H2,1-2H3,(H,28,32)(H,29,33)(H,30,34)(H,35,36)(H4,25,26,27). The van der Waals surface area contributed by atoms with Gasteiger partial charge in [0.1, 0.15) is 18.1 Å². The monoisotopic (exact) mass is 507 g/mol. The lowest BCUT2D eigenvalue weighted by atomic mass is 10.0. The molecule has 13 nitrogen and oxygen atoms in total. The Morgan fingerprint density at radius 1 is 0.944 bits per heavy atom. The number of carboxylic acids is 1. The highest BCUT2D eigenvalue weighted by Gasteiger charge is 2.31. The molecule has 1 rings (SSSR count). The van der Waals surface area contributed by atoms with Crippen molar-refractivity contribution >= 4 is 29.7 Å². The predicted octanol–water partition coefficient (Wildman–Crippen LogP) is -2.20. The highest BCUT2D eigenvalue weighted by atomic mass is 16.4. The molecule has 0 aromatic heterocycles. The number of nitrogens with zero attached hydrogens (tertiary/aromatic N) is 1. The van der Waals surface area contributed by atoms with E-state index < -0.39 is 60.4 Å². The minimum Gasteiger partial charge on any atom is -0.480 e. The predicted molar refractivity (Wildman–Crippen MR) is 133 cm³/mol. The third-order valence-corrected chi connectivity index (χ3v) is 5.27. The number of benzene rings is 1. The SMILES string of the molecule is CC(C)C(NC(=O)C(CO)NC(=O)C(Cc1ccccc1)NC(=O)C(N)CCCN=C(N)N)C(=O)O. The van der Waals surface area contributed by atoms with Gasteiger partial charge in [-0.2, -0.15) is 0 Å². The van der Waals surface area contributed by atoms with Gasteiger partial charge >= 0.3 is 5.97 Å². The Hall–Kier alpha value is -3.71. The number of carboxylic acid groups (broad SMARTS) is 1. The Morgan fingerprint density at radius 2 is 1.53 bits per heavy atom. The third-order valence-electron chi connectivity index (χ3n) is 5.27. The van der Waals surface area contributed by atoms with E-state index in [0.717, 1.165) is 5.56 Å². The van der Waals surface area contributed by atoms with Gasteiger partial charge in [-0.05, 0) is 24.3 Å². The molecule has 0 spiro atoms. The minimum absolute atomic E-state index is 0.0711. The van der Waals surface area contributed by atoms with Gasteiger partial charge in [0.15, 0.2) is 5.96 Å². The minimum atomic E-state index is -1.43. The fraction of sp³-hybridized carbons (Fsp3) is 0.522. The summed E-state index contributed by atoms with van der Waals surface area (Å²) < 4.78 is 0. The summed E-state index contributed by atoms with van der Waals surface area (Å²) in [6.07, 6.45) is 0.785. The van der Waals surface area contributed by atoms with E-state index in [1.165, 1.54) is 0 Å². The van der Waals surface area contributed by atoms with Crippen LogP contribution in [-0.2, 0) is 25.6 Å². The number of hydrogen-bond acceptors (Lipinski definition) is 7. The molecule has 0 radical (unpaired) electrons. The molecule has 0 saturated heterocycles. The molecular formula is C23H37N7O6. The number of carbonyl (C=O) groups excluding carboxylic acids is 3. The zero-order chi connectivity index (χ0) is 27.3. The second kappa shape index (κ2) is 15.3. The van der Waals surface area contributed by atoms with E-state index in [2.05, 4.69) is 20.9 Å². The quantitative estimate of drug-likeness (QED) is 0.0729. The lowest BCUT2D eigenvalue weighted by molar-refractivity contribution is -0.143. The number of guanidine groups is 1. The van der Waals surface area contributed by atoms with Gasteiger partial charge in [-0.15, -0.1) is 0 Å². The summed E-state index contributed by atoms with van der Waals surface area (Å²) in [7, 11) is 0. The number of rotatable bonds is 15. The van der Waals surface area contributed by atoms with Crippen molar-refractivity contribution in [2.24, 2.45) is 28.1 Å². The van der Waals surface area contributed by atoms with E-state index in [4.69, 9.17) is 17.2 Å². The number of aliphatic hydroxyl groups is 1. The van der Waals surface area contributed by atoms with Crippen LogP contribution in [-0.4, -0.2) is 77.2 Å². The first-order valence-electron chi connectivity index (χ1n) is 11.6. The summed E-state index contributed by atoms with van der Waals surface area (Å²) in [6, 6.07) is 4.16. The van der Waals surface area contributed by atoms with Crippen molar-refractivity contribution in [3.63, 3.8) is 0 Å². The molecule has 200 valence electrons. The van der Waals surface area contributed by atoms with E-state index in [0.29, 0.717) is 6.42 Å². The number of nitrogens with one attached hydrogen (secondary N) is 3. The lowest BCUT2D eigenvalue weighted by Crippen LogP contribution is -2.59. The normalized spacial score (nSPS) is 14.1. The zero-order valence-electron chi connectivity index (χ0n) is 20.5. The largest absolute Gasteiger partial charge is 0.480 e. The topological polar surface area (TPSA) is 235 Å². The highest BCUT2D eigenvalue weighted by Crippen LogP contribution is 2.06. The van der Waals surface area contributed by atoms with Crippen LogP contribution in [0, 0.1) is 5.92 Å². The van der Waals surface area contributed by atoms with Gasteiger partial charge in [-0.1, -0.05) is 44.2 Å². The van der Waals surface area contributed by atoms with Crippen LogP contribution in [0.5, 0.6) is 0 Å². The molecule has 0 fully saturated rings. The van der Waals surface area contributed by atoms with E-state index >= 15 is 0 Å². The third kappa shape index (κ3) is 10.7. The van der Waals surface area contributed by atoms with Crippen LogP contribution in [0.25, 0.3) is 0 Å². The summed E-state index contributed by atoms with van der Waals surface area (Å²) >= 11 is 0. The molecule has 1 aromatic rings. The van der Waals surface area contributed by atoms with Crippen LogP contribution in [0.15, 0.2) is 35.3 Å². The van der Waals surface area contributed by atoms with Crippen LogP contribution in [0.4, 0.5) is 0 Å². The van der Waals surface area contributed by atoms with Crippen molar-refractivity contribution in [1.29, 1.82) is 0 Å². The van der Waals surface area contributed by atoms with Crippen molar-refractivity contribution in [1.82, 2.24) is 16.0 Å². The van der Waals surface area contributed by atoms with Gasteiger partial charge in [0.25, 0.3) is 0 Å². The molecule has 0 heterocycles. The molecule has 3 amide bonds. The molecule has 13 heteroatoms. The van der Waals surface area contributed by atoms with Crippen LogP contribution < -0.4 is 33.2 Å². The highest BCUT2D eigenvalue weighted by molar-refractivity contribution is 5.94. The Kier molecular flexibility index (Phi) is 12.9. The number of carbonyl (C=O) groups is 4. The first-order chi connectivity index (χ1) is 17.0. The van der Waals surface area contributed by atoms with Gasteiger partial charge in [-0.3, -0.25) is 19.4 Å². The van der Waals surface area contributed by atoms with Crippen LogP contribution >= 0.6 is 0 Å². The van der Waals surface area contributed by atoms with E-state index in [1.54, 1.807) is 44.2 Å². The van der Waals surface area contributed by atoms with Crippen LogP contribution in [0.1, 0.15) is 32.3 Å². The fourth-order valence-corrected chi connectivity index (χ4v) is 3.22. The zero-order valence-corrected chi connectivity index (χ0v) is 20.5. The average molecular weight is 508 g/mol. The summed E-state index contributed by atoms with van der Waals surface area (Å²) in [6.45, 7) is 2.73. The molecular weight excluding hydrogens is 470 g/mol. The number of aliphatic hydroxyl groups excluding tert-OH is 1. The fourth-order valence-electron chi connectivity index (χ4n) is 3.22. The van der Waals surface area contributed by atoms with Crippen molar-refractivity contribution in [3.8, 4) is 0 Å². The van der Waals surface area contributed by atoms with E-state index in [1.807, 2.05) is 0 Å². The lowest BCUT2D eigenvalue weighted by Gasteiger charge is -2.25. The van der Waals surface area contributed by atoms with Crippen LogP contribution in [0.2, 0.25) is 0 Å². The maximum atomic E-state index is 13.0.